The van der Waals surface area contributed by atoms with Gasteiger partial charge in [0.25, 0.3) is 0 Å². The smallest absolute Gasteiger partial charge is 0.240 e. The van der Waals surface area contributed by atoms with E-state index in [0.29, 0.717) is 13.1 Å². The van der Waals surface area contributed by atoms with E-state index >= 15 is 0 Å². The van der Waals surface area contributed by atoms with Crippen LogP contribution in [0.4, 0.5) is 0 Å². The molecule has 0 saturated heterocycles. The van der Waals surface area contributed by atoms with E-state index in [1.54, 1.807) is 0 Å². The topological polar surface area (TPSA) is 81.1 Å². The van der Waals surface area contributed by atoms with Gasteiger partial charge in [-0.1, -0.05) is 0 Å². The molecule has 4 nitrogen and oxygen atoms in total. The fourth-order valence-electron chi connectivity index (χ4n) is 1.15. The molecule has 0 aromatic carbocycles. The molecule has 0 unspecified atom stereocenters. The third-order valence-corrected chi connectivity index (χ3v) is 2.13. The van der Waals surface area contributed by atoms with Crippen LogP contribution in [0, 0.1) is 0 Å². The van der Waals surface area contributed by atoms with Crippen LogP contribution >= 0.6 is 0 Å². The Balaban J connectivity index is 2.28. The van der Waals surface area contributed by atoms with Gasteiger partial charge in [-0.05, 0) is 19.3 Å². The highest BCUT2D eigenvalue weighted by molar-refractivity contribution is 5.86. The Hall–Kier alpha value is -0.610. The van der Waals surface area contributed by atoms with Crippen molar-refractivity contribution in [1.82, 2.24) is 5.32 Å². The molecule has 1 amide bonds. The van der Waals surface area contributed by atoms with Crippen LogP contribution in [-0.4, -0.2) is 24.5 Å². The van der Waals surface area contributed by atoms with Crippen LogP contribution < -0.4 is 16.8 Å². The highest BCUT2D eigenvalue weighted by Gasteiger charge is 2.39. The number of hydrogen-bond acceptors (Lipinski definition) is 3. The second-order valence-electron chi connectivity index (χ2n) is 3.05. The molecular formula is C7H15N3O. The lowest BCUT2D eigenvalue weighted by Crippen LogP contribution is -2.58. The van der Waals surface area contributed by atoms with E-state index in [1.165, 1.54) is 0 Å². The zero-order valence-corrected chi connectivity index (χ0v) is 6.60. The number of rotatable bonds is 3. The predicted octanol–water partition coefficient (Wildman–Crippen LogP) is -1.06. The minimum Gasteiger partial charge on any atom is -0.353 e. The van der Waals surface area contributed by atoms with Gasteiger partial charge in [-0.2, -0.15) is 0 Å². The van der Waals surface area contributed by atoms with Crippen LogP contribution in [0.3, 0.4) is 0 Å². The van der Waals surface area contributed by atoms with Gasteiger partial charge in [0, 0.05) is 13.1 Å². The van der Waals surface area contributed by atoms with E-state index in [2.05, 4.69) is 5.32 Å². The molecule has 4 heteroatoms. The Labute approximate surface area is 66.3 Å². The molecule has 0 aromatic heterocycles. The van der Waals surface area contributed by atoms with Crippen molar-refractivity contribution in [2.45, 2.75) is 24.8 Å². The van der Waals surface area contributed by atoms with Gasteiger partial charge in [0.05, 0.1) is 5.54 Å². The Bertz CT molecular complexity index is 154. The van der Waals surface area contributed by atoms with Gasteiger partial charge in [0.15, 0.2) is 0 Å². The first-order valence-corrected chi connectivity index (χ1v) is 3.96. The minimum atomic E-state index is -0.574. The predicted molar refractivity (Wildman–Crippen MR) is 42.8 cm³/mol. The van der Waals surface area contributed by atoms with E-state index in [-0.39, 0.29) is 5.91 Å². The third-order valence-electron chi connectivity index (χ3n) is 2.13. The van der Waals surface area contributed by atoms with E-state index < -0.39 is 5.54 Å². The molecule has 1 aliphatic rings. The SMILES string of the molecule is NCCNC(=O)C1(N)CCC1. The summed E-state index contributed by atoms with van der Waals surface area (Å²) < 4.78 is 0. The van der Waals surface area contributed by atoms with Crippen LogP contribution in [-0.2, 0) is 4.79 Å². The maximum atomic E-state index is 11.2. The quantitative estimate of drug-likeness (QED) is 0.488. The Kier molecular flexibility index (Phi) is 2.46. The van der Waals surface area contributed by atoms with Crippen molar-refractivity contribution in [3.05, 3.63) is 0 Å². The van der Waals surface area contributed by atoms with Crippen molar-refractivity contribution < 1.29 is 4.79 Å². The van der Waals surface area contributed by atoms with E-state index in [0.717, 1.165) is 19.3 Å². The molecule has 5 N–H and O–H groups in total. The molecule has 1 saturated carbocycles. The molecule has 1 aliphatic carbocycles. The molecule has 11 heavy (non-hydrogen) atoms. The zero-order chi connectivity index (χ0) is 8.32. The van der Waals surface area contributed by atoms with Gasteiger partial charge < -0.3 is 16.8 Å². The summed E-state index contributed by atoms with van der Waals surface area (Å²) in [6.07, 6.45) is 2.68. The Morgan fingerprint density at radius 1 is 1.55 bits per heavy atom. The lowest BCUT2D eigenvalue weighted by Gasteiger charge is -2.36. The third kappa shape index (κ3) is 1.70. The summed E-state index contributed by atoms with van der Waals surface area (Å²) in [4.78, 5) is 11.2. The normalized spacial score (nSPS) is 20.5. The van der Waals surface area contributed by atoms with Gasteiger partial charge in [-0.25, -0.2) is 0 Å². The lowest BCUT2D eigenvalue weighted by molar-refractivity contribution is -0.129. The Morgan fingerprint density at radius 2 is 2.18 bits per heavy atom. The van der Waals surface area contributed by atoms with E-state index in [4.69, 9.17) is 11.5 Å². The maximum absolute atomic E-state index is 11.2. The largest absolute Gasteiger partial charge is 0.353 e. The highest BCUT2D eigenvalue weighted by Crippen LogP contribution is 2.28. The number of carbonyl (C=O) groups is 1. The summed E-state index contributed by atoms with van der Waals surface area (Å²) in [6, 6.07) is 0. The van der Waals surface area contributed by atoms with Crippen molar-refractivity contribution in [2.24, 2.45) is 11.5 Å². The standard InChI is InChI=1S/C7H15N3O/c8-4-5-10-6(11)7(9)2-1-3-7/h1-5,8-9H2,(H,10,11). The summed E-state index contributed by atoms with van der Waals surface area (Å²) >= 11 is 0. The average molecular weight is 157 g/mol. The van der Waals surface area contributed by atoms with Crippen LogP contribution in [0.15, 0.2) is 0 Å². The summed E-state index contributed by atoms with van der Waals surface area (Å²) in [5.41, 5.74) is 10.4. The second-order valence-corrected chi connectivity index (χ2v) is 3.05. The molecular weight excluding hydrogens is 142 g/mol. The van der Waals surface area contributed by atoms with E-state index in [9.17, 15) is 4.79 Å². The molecule has 0 aromatic rings. The molecule has 1 rings (SSSR count). The van der Waals surface area contributed by atoms with Gasteiger partial charge in [-0.15, -0.1) is 0 Å². The van der Waals surface area contributed by atoms with Gasteiger partial charge in [-0.3, -0.25) is 4.79 Å². The molecule has 0 heterocycles. The van der Waals surface area contributed by atoms with Crippen LogP contribution in [0.25, 0.3) is 0 Å². The summed E-state index contributed by atoms with van der Waals surface area (Å²) in [7, 11) is 0. The van der Waals surface area contributed by atoms with E-state index in [1.807, 2.05) is 0 Å². The van der Waals surface area contributed by atoms with Crippen molar-refractivity contribution in [3.8, 4) is 0 Å². The monoisotopic (exact) mass is 157 g/mol. The van der Waals surface area contributed by atoms with Gasteiger partial charge in [0.1, 0.15) is 0 Å². The lowest BCUT2D eigenvalue weighted by atomic mass is 9.77. The van der Waals surface area contributed by atoms with Crippen molar-refractivity contribution in [2.75, 3.05) is 13.1 Å². The van der Waals surface area contributed by atoms with Crippen LogP contribution in [0.2, 0.25) is 0 Å². The van der Waals surface area contributed by atoms with Crippen LogP contribution in [0.1, 0.15) is 19.3 Å². The van der Waals surface area contributed by atoms with Gasteiger partial charge in [0.2, 0.25) is 5.91 Å². The van der Waals surface area contributed by atoms with Crippen LogP contribution in [0.5, 0.6) is 0 Å². The summed E-state index contributed by atoms with van der Waals surface area (Å²) in [5.74, 6) is -0.0470. The molecule has 0 atom stereocenters. The van der Waals surface area contributed by atoms with Crippen molar-refractivity contribution >= 4 is 5.91 Å². The average Bonchev–Trinajstić information content (AvgIpc) is 1.95. The molecule has 0 radical (unpaired) electrons. The van der Waals surface area contributed by atoms with Crippen molar-refractivity contribution in [1.29, 1.82) is 0 Å². The number of carbonyl (C=O) groups excluding carboxylic acids is 1. The maximum Gasteiger partial charge on any atom is 0.240 e. The second kappa shape index (κ2) is 3.19. The summed E-state index contributed by atoms with van der Waals surface area (Å²) in [6.45, 7) is 1.000. The zero-order valence-electron chi connectivity index (χ0n) is 6.60. The first-order chi connectivity index (χ1) is 5.19. The first kappa shape index (κ1) is 8.49. The molecule has 0 bridgehead atoms. The fraction of sp³-hybridized carbons (Fsp3) is 0.857. The van der Waals surface area contributed by atoms with Gasteiger partial charge >= 0.3 is 0 Å². The fourth-order valence-corrected chi connectivity index (χ4v) is 1.15. The number of nitrogens with two attached hydrogens (primary N) is 2. The highest BCUT2D eigenvalue weighted by atomic mass is 16.2. The number of hydrogen-bond donors (Lipinski definition) is 3. The van der Waals surface area contributed by atoms with Crippen molar-refractivity contribution in [3.63, 3.8) is 0 Å². The first-order valence-electron chi connectivity index (χ1n) is 3.96. The number of amides is 1. The Morgan fingerprint density at radius 3 is 2.55 bits per heavy atom. The minimum absolute atomic E-state index is 0.0470. The molecule has 0 spiro atoms. The molecule has 0 aliphatic heterocycles. The number of nitrogens with one attached hydrogen (secondary N) is 1. The molecule has 1 fully saturated rings. The summed E-state index contributed by atoms with van der Waals surface area (Å²) in [5, 5.41) is 2.69. The molecule has 64 valence electrons.